The van der Waals surface area contributed by atoms with Crippen LogP contribution in [0.1, 0.15) is 30.6 Å². The number of para-hydroxylation sites is 1. The second-order valence-electron chi connectivity index (χ2n) is 4.70. The molecule has 1 heterocycles. The molecule has 2 rings (SSSR count). The van der Waals surface area contributed by atoms with Gasteiger partial charge in [0.05, 0.1) is 5.56 Å². The topological polar surface area (TPSA) is 71.2 Å². The molecule has 1 atom stereocenters. The van der Waals surface area contributed by atoms with Gasteiger partial charge in [-0.3, -0.25) is 4.79 Å². The fourth-order valence-corrected chi connectivity index (χ4v) is 1.87. The van der Waals surface area contributed by atoms with E-state index in [1.54, 1.807) is 6.20 Å². The lowest BCUT2D eigenvalue weighted by molar-refractivity contribution is -0.124. The Bertz CT molecular complexity index is 618. The Morgan fingerprint density at radius 2 is 2.10 bits per heavy atom. The molecule has 2 N–H and O–H groups in total. The summed E-state index contributed by atoms with van der Waals surface area (Å²) >= 11 is 0. The second-order valence-corrected chi connectivity index (χ2v) is 4.70. The summed E-state index contributed by atoms with van der Waals surface area (Å²) in [5.74, 6) is -0.783. The average Bonchev–Trinajstić information content (AvgIpc) is 2.88. The van der Waals surface area contributed by atoms with Crippen LogP contribution in [0.2, 0.25) is 0 Å². The average molecular weight is 274 g/mol. The van der Waals surface area contributed by atoms with Crippen molar-refractivity contribution in [2.45, 2.75) is 26.3 Å². The molecule has 0 aliphatic heterocycles. The number of carbonyl (C=O) groups excluding carboxylic acids is 2. The fourth-order valence-electron chi connectivity index (χ4n) is 1.87. The van der Waals surface area contributed by atoms with Crippen molar-refractivity contribution in [3.05, 3.63) is 36.0 Å². The number of aromatic amines is 1. The van der Waals surface area contributed by atoms with E-state index in [9.17, 15) is 9.59 Å². The van der Waals surface area contributed by atoms with Crippen LogP contribution in [0.3, 0.4) is 0 Å². The molecule has 0 aliphatic carbocycles. The smallest absolute Gasteiger partial charge is 0.340 e. The third kappa shape index (κ3) is 3.17. The minimum Gasteiger partial charge on any atom is -0.452 e. The Morgan fingerprint density at radius 1 is 1.35 bits per heavy atom. The highest BCUT2D eigenvalue weighted by Crippen LogP contribution is 2.18. The summed E-state index contributed by atoms with van der Waals surface area (Å²) in [6.45, 7) is 3.62. The molecule has 20 heavy (non-hydrogen) atoms. The summed E-state index contributed by atoms with van der Waals surface area (Å²) in [6, 6.07) is 7.52. The maximum Gasteiger partial charge on any atom is 0.340 e. The second kappa shape index (κ2) is 6.23. The maximum absolute atomic E-state index is 12.0. The van der Waals surface area contributed by atoms with E-state index >= 15 is 0 Å². The van der Waals surface area contributed by atoms with Gasteiger partial charge in [-0.1, -0.05) is 25.1 Å². The summed E-state index contributed by atoms with van der Waals surface area (Å²) in [6.07, 6.45) is 2.43. The molecule has 5 nitrogen and oxygen atoms in total. The minimum absolute atomic E-state index is 0.0780. The van der Waals surface area contributed by atoms with Crippen LogP contribution in [0.5, 0.6) is 0 Å². The number of fused-ring (bicyclic) bond motifs is 1. The number of esters is 1. The van der Waals surface area contributed by atoms with Crippen molar-refractivity contribution in [1.82, 2.24) is 10.3 Å². The highest BCUT2D eigenvalue weighted by molar-refractivity contribution is 6.04. The first-order chi connectivity index (χ1) is 9.61. The number of carbonyl (C=O) groups is 2. The van der Waals surface area contributed by atoms with Crippen molar-refractivity contribution < 1.29 is 14.3 Å². The molecule has 106 valence electrons. The van der Waals surface area contributed by atoms with Crippen molar-refractivity contribution in [2.75, 3.05) is 6.61 Å². The number of hydrogen-bond acceptors (Lipinski definition) is 3. The van der Waals surface area contributed by atoms with E-state index in [4.69, 9.17) is 4.74 Å². The predicted molar refractivity (Wildman–Crippen MR) is 76.5 cm³/mol. The monoisotopic (exact) mass is 274 g/mol. The third-order valence-electron chi connectivity index (χ3n) is 3.16. The molecule has 0 aliphatic rings. The van der Waals surface area contributed by atoms with Crippen LogP contribution in [-0.2, 0) is 9.53 Å². The largest absolute Gasteiger partial charge is 0.452 e. The minimum atomic E-state index is -0.498. The molecule has 1 unspecified atom stereocenters. The summed E-state index contributed by atoms with van der Waals surface area (Å²) in [5, 5.41) is 3.53. The van der Waals surface area contributed by atoms with E-state index < -0.39 is 5.97 Å². The Kier molecular flexibility index (Phi) is 4.40. The number of aromatic nitrogens is 1. The molecule has 1 amide bonds. The van der Waals surface area contributed by atoms with Crippen LogP contribution < -0.4 is 5.32 Å². The van der Waals surface area contributed by atoms with Gasteiger partial charge in [-0.05, 0) is 19.4 Å². The molecular weight excluding hydrogens is 256 g/mol. The van der Waals surface area contributed by atoms with Gasteiger partial charge >= 0.3 is 5.97 Å². The molecule has 0 bridgehead atoms. The van der Waals surface area contributed by atoms with Crippen LogP contribution in [0.25, 0.3) is 10.9 Å². The van der Waals surface area contributed by atoms with E-state index in [1.165, 1.54) is 0 Å². The van der Waals surface area contributed by atoms with Crippen LogP contribution >= 0.6 is 0 Å². The Balaban J connectivity index is 1.97. The fraction of sp³-hybridized carbons (Fsp3) is 0.333. The molecule has 1 aromatic carbocycles. The van der Waals surface area contributed by atoms with Crippen molar-refractivity contribution in [3.8, 4) is 0 Å². The number of hydrogen-bond donors (Lipinski definition) is 2. The number of rotatable bonds is 5. The van der Waals surface area contributed by atoms with Crippen LogP contribution in [0.15, 0.2) is 30.5 Å². The number of benzene rings is 1. The highest BCUT2D eigenvalue weighted by Gasteiger charge is 2.15. The molecule has 5 heteroatoms. The van der Waals surface area contributed by atoms with E-state index in [-0.39, 0.29) is 18.6 Å². The van der Waals surface area contributed by atoms with Crippen molar-refractivity contribution in [2.24, 2.45) is 0 Å². The molecule has 0 saturated carbocycles. The van der Waals surface area contributed by atoms with Gasteiger partial charge in [0.25, 0.3) is 5.91 Å². The lowest BCUT2D eigenvalue weighted by Gasteiger charge is -2.11. The van der Waals surface area contributed by atoms with Crippen LogP contribution in [0, 0.1) is 0 Å². The van der Waals surface area contributed by atoms with Crippen molar-refractivity contribution in [3.63, 3.8) is 0 Å². The van der Waals surface area contributed by atoms with Gasteiger partial charge < -0.3 is 15.0 Å². The van der Waals surface area contributed by atoms with Crippen LogP contribution in [-0.4, -0.2) is 29.5 Å². The third-order valence-corrected chi connectivity index (χ3v) is 3.16. The van der Waals surface area contributed by atoms with Crippen LogP contribution in [0.4, 0.5) is 0 Å². The molecule has 1 aromatic heterocycles. The summed E-state index contributed by atoms with van der Waals surface area (Å²) in [7, 11) is 0. The summed E-state index contributed by atoms with van der Waals surface area (Å²) in [5.41, 5.74) is 1.31. The molecule has 0 radical (unpaired) electrons. The lowest BCUT2D eigenvalue weighted by Crippen LogP contribution is -2.35. The maximum atomic E-state index is 12.0. The number of nitrogens with one attached hydrogen (secondary N) is 2. The zero-order valence-electron chi connectivity index (χ0n) is 11.6. The number of amides is 1. The first kappa shape index (κ1) is 14.1. The zero-order valence-corrected chi connectivity index (χ0v) is 11.6. The van der Waals surface area contributed by atoms with E-state index in [0.29, 0.717) is 5.56 Å². The van der Waals surface area contributed by atoms with Gasteiger partial charge in [0.1, 0.15) is 0 Å². The Hall–Kier alpha value is -2.30. The van der Waals surface area contributed by atoms with E-state index in [2.05, 4.69) is 10.3 Å². The Morgan fingerprint density at radius 3 is 2.85 bits per heavy atom. The van der Waals surface area contributed by atoms with E-state index in [1.807, 2.05) is 38.1 Å². The van der Waals surface area contributed by atoms with Crippen molar-refractivity contribution in [1.29, 1.82) is 0 Å². The van der Waals surface area contributed by atoms with Gasteiger partial charge in [0, 0.05) is 23.1 Å². The Labute approximate surface area is 117 Å². The highest BCUT2D eigenvalue weighted by atomic mass is 16.5. The van der Waals surface area contributed by atoms with E-state index in [0.717, 1.165) is 17.3 Å². The standard InChI is InChI=1S/C15H18N2O3/c1-3-10(2)17-14(18)9-20-15(19)12-8-16-13-7-5-4-6-11(12)13/h4-8,10,16H,3,9H2,1-2H3,(H,17,18). The first-order valence-corrected chi connectivity index (χ1v) is 6.64. The van der Waals surface area contributed by atoms with Gasteiger partial charge in [-0.25, -0.2) is 4.79 Å². The number of H-pyrrole nitrogens is 1. The molecular formula is C15H18N2O3. The molecule has 0 spiro atoms. The van der Waals surface area contributed by atoms with Crippen molar-refractivity contribution >= 4 is 22.8 Å². The summed E-state index contributed by atoms with van der Waals surface area (Å²) < 4.78 is 5.03. The predicted octanol–water partition coefficient (Wildman–Crippen LogP) is 2.24. The zero-order chi connectivity index (χ0) is 14.5. The molecule has 2 aromatic rings. The van der Waals surface area contributed by atoms with Gasteiger partial charge in [0.2, 0.25) is 0 Å². The quantitative estimate of drug-likeness (QED) is 0.821. The van der Waals surface area contributed by atoms with Gasteiger partial charge in [-0.15, -0.1) is 0 Å². The summed E-state index contributed by atoms with van der Waals surface area (Å²) in [4.78, 5) is 26.5. The van der Waals surface area contributed by atoms with Gasteiger partial charge in [0.15, 0.2) is 6.61 Å². The van der Waals surface area contributed by atoms with Gasteiger partial charge in [-0.2, -0.15) is 0 Å². The number of ether oxygens (including phenoxy) is 1. The lowest BCUT2D eigenvalue weighted by atomic mass is 10.2. The first-order valence-electron chi connectivity index (χ1n) is 6.64. The molecule has 0 saturated heterocycles. The molecule has 0 fully saturated rings. The normalized spacial score (nSPS) is 12.1. The SMILES string of the molecule is CCC(C)NC(=O)COC(=O)c1c[nH]c2ccccc12.